The van der Waals surface area contributed by atoms with Gasteiger partial charge >= 0.3 is 71.1 Å². The average Bonchev–Trinajstić information content (AvgIpc) is 3.06. The molecule has 5 atom stereocenters. The van der Waals surface area contributed by atoms with Gasteiger partial charge in [0, 0.05) is 4.75 Å². The van der Waals surface area contributed by atoms with E-state index in [1.165, 1.54) is 40.9 Å². The number of phenolic OH excluding ortho intramolecular Hbond substituents is 1. The molecule has 3 rings (SSSR count). The van der Waals surface area contributed by atoms with Gasteiger partial charge < -0.3 is 31.3 Å². The van der Waals surface area contributed by atoms with Crippen molar-refractivity contribution in [3.63, 3.8) is 0 Å². The van der Waals surface area contributed by atoms with Crippen molar-refractivity contribution < 1.29 is 34.5 Å². The molecule has 10 nitrogen and oxygen atoms in total. The predicted molar refractivity (Wildman–Crippen MR) is 146 cm³/mol. The molecule has 2 saturated heterocycles. The number of nitrogens with two attached hydrogens (primary N) is 1. The van der Waals surface area contributed by atoms with Gasteiger partial charge in [-0.1, -0.05) is 38.8 Å². The van der Waals surface area contributed by atoms with Crippen molar-refractivity contribution in [2.75, 3.05) is 0 Å². The first-order chi connectivity index (χ1) is 16.3. The number of hydrogen-bond acceptors (Lipinski definition) is 7. The Morgan fingerprint density at radius 2 is 1.70 bits per heavy atom. The minimum atomic E-state index is -1.06. The Balaban J connectivity index is 0.000000930. The minimum absolute atomic E-state index is 0. The normalized spacial score (nSPS) is 22.5. The number of phenols is 1. The fraction of sp³-hybridized carbons (Fsp3) is 0.583. The Kier molecular flexibility index (Phi) is 15.4. The second-order valence-electron chi connectivity index (χ2n) is 9.24. The molecule has 0 aromatic heterocycles. The van der Waals surface area contributed by atoms with Gasteiger partial charge in [0.05, 0.1) is 5.92 Å². The predicted octanol–water partition coefficient (Wildman–Crippen LogP) is 1.01. The van der Waals surface area contributed by atoms with E-state index in [0.29, 0.717) is 5.56 Å². The summed E-state index contributed by atoms with van der Waals surface area (Å²) in [4.78, 5) is 47.9. The van der Waals surface area contributed by atoms with Crippen LogP contribution in [0, 0.1) is 5.92 Å². The summed E-state index contributed by atoms with van der Waals surface area (Å²) in [6, 6.07) is 3.21. The number of rotatable bonds is 9. The van der Waals surface area contributed by atoms with E-state index in [4.69, 9.17) is 10.8 Å². The van der Waals surface area contributed by atoms with Crippen LogP contribution >= 0.6 is 11.8 Å². The molecule has 0 saturated carbocycles. The zero-order valence-electron chi connectivity index (χ0n) is 20.4. The number of carbonyl (C=O) groups excluding carboxylic acids is 2. The van der Waals surface area contributed by atoms with Gasteiger partial charge in [0.15, 0.2) is 0 Å². The number of nitrogens with zero attached hydrogens (tertiary/aromatic N) is 1. The molecule has 13 heteroatoms. The zero-order chi connectivity index (χ0) is 26.5. The molecule has 0 aliphatic carbocycles. The number of β-lactam (4-membered cyclic amide) rings is 1. The first-order valence-corrected chi connectivity index (χ1v) is 12.5. The third-order valence-corrected chi connectivity index (χ3v) is 7.83. The molecule has 6 N–H and O–H groups in total. The number of carboxylic acid groups (broad SMARTS) is 2. The van der Waals surface area contributed by atoms with Crippen LogP contribution in [-0.2, 0) is 19.2 Å². The maximum atomic E-state index is 12.3. The van der Waals surface area contributed by atoms with E-state index in [1.54, 1.807) is 13.8 Å². The molecule has 1 aromatic carbocycles. The van der Waals surface area contributed by atoms with Crippen LogP contribution in [0.1, 0.15) is 65.0 Å². The van der Waals surface area contributed by atoms with Crippen molar-refractivity contribution in [3.8, 4) is 5.75 Å². The molecule has 0 bridgehead atoms. The molecule has 2 aliphatic rings. The number of benzene rings is 1. The SMILES string of the molecule is CC1(C)S[C@@H]2[C@H](NC(=O)[C@H](N)c3ccc(O)cc3)C(=O)N2[C@H]1C(=O)O.CCCCC(CC)C(=O)O.[NaH].[NaH]. The quantitative estimate of drug-likeness (QED) is 0.220. The number of thioether (sulfide) groups is 1. The van der Waals surface area contributed by atoms with E-state index >= 15 is 0 Å². The number of fused-ring (bicyclic) bond motifs is 1. The summed E-state index contributed by atoms with van der Waals surface area (Å²) in [7, 11) is 0. The fourth-order valence-electron chi connectivity index (χ4n) is 4.17. The van der Waals surface area contributed by atoms with Gasteiger partial charge in [0.1, 0.15) is 29.2 Å². The zero-order valence-corrected chi connectivity index (χ0v) is 21.2. The van der Waals surface area contributed by atoms with Gasteiger partial charge in [-0.3, -0.25) is 14.4 Å². The summed E-state index contributed by atoms with van der Waals surface area (Å²) in [6.45, 7) is 7.54. The second kappa shape index (κ2) is 15.7. The second-order valence-corrected chi connectivity index (χ2v) is 11.0. The van der Waals surface area contributed by atoms with Crippen molar-refractivity contribution >= 4 is 94.6 Å². The molecule has 2 amide bonds. The van der Waals surface area contributed by atoms with E-state index in [1.807, 2.05) is 6.92 Å². The number of carboxylic acids is 2. The standard InChI is InChI=1S/C16H19N3O5S.C8H16O2.2Na.2H/c1-16(2)11(15(23)24)19-13(22)10(14(19)25-16)18-12(21)9(17)7-3-5-8(20)6-4-7;1-3-5-6-7(4-2)8(9)10;;;;/h3-6,9-11,14,20H,17H2,1-2H3,(H,18,21)(H,23,24);7H,3-6H2,1-2H3,(H,9,10);;;;/t9-,10-,11+,14-;;;;;/m1...../s1. The fourth-order valence-corrected chi connectivity index (χ4v) is 5.80. The molecule has 2 fully saturated rings. The van der Waals surface area contributed by atoms with Crippen molar-refractivity contribution in [1.82, 2.24) is 10.2 Å². The van der Waals surface area contributed by atoms with Crippen LogP contribution in [0.3, 0.4) is 0 Å². The monoisotopic (exact) mass is 557 g/mol. The van der Waals surface area contributed by atoms with Gasteiger partial charge in [-0.25, -0.2) is 4.79 Å². The van der Waals surface area contributed by atoms with E-state index in [2.05, 4.69) is 12.2 Å². The van der Waals surface area contributed by atoms with Gasteiger partial charge in [-0.05, 0) is 44.4 Å². The number of amides is 2. The molecule has 0 radical (unpaired) electrons. The van der Waals surface area contributed by atoms with E-state index in [0.717, 1.165) is 25.7 Å². The van der Waals surface area contributed by atoms with Gasteiger partial charge in [-0.15, -0.1) is 11.8 Å². The summed E-state index contributed by atoms with van der Waals surface area (Å²) in [5, 5.41) is 29.5. The molecular formula is C24H37N3Na2O7S. The Labute approximate surface area is 266 Å². The number of nitrogens with one attached hydrogen (secondary N) is 1. The maximum absolute atomic E-state index is 12.3. The van der Waals surface area contributed by atoms with Crippen LogP contribution in [0.2, 0.25) is 0 Å². The van der Waals surface area contributed by atoms with Crippen molar-refractivity contribution in [2.24, 2.45) is 11.7 Å². The Hall–Kier alpha value is -0.790. The van der Waals surface area contributed by atoms with E-state index in [9.17, 15) is 29.4 Å². The molecular weight excluding hydrogens is 520 g/mol. The van der Waals surface area contributed by atoms with Crippen LogP contribution in [0.5, 0.6) is 5.75 Å². The molecule has 2 heterocycles. The summed E-state index contributed by atoms with van der Waals surface area (Å²) in [5.41, 5.74) is 6.41. The number of unbranched alkanes of at least 4 members (excludes halogenated alkanes) is 1. The number of aromatic hydroxyl groups is 1. The van der Waals surface area contributed by atoms with Crippen molar-refractivity contribution in [3.05, 3.63) is 29.8 Å². The Bertz CT molecular complexity index is 949. The van der Waals surface area contributed by atoms with Crippen LogP contribution in [0.25, 0.3) is 0 Å². The van der Waals surface area contributed by atoms with Crippen molar-refractivity contribution in [2.45, 2.75) is 81.6 Å². The van der Waals surface area contributed by atoms with Gasteiger partial charge in [-0.2, -0.15) is 0 Å². The van der Waals surface area contributed by atoms with Crippen LogP contribution < -0.4 is 11.1 Å². The molecule has 0 spiro atoms. The van der Waals surface area contributed by atoms with Crippen molar-refractivity contribution in [1.29, 1.82) is 0 Å². The first kappa shape index (κ1) is 36.2. The van der Waals surface area contributed by atoms with Gasteiger partial charge in [0.2, 0.25) is 11.8 Å². The molecule has 198 valence electrons. The molecule has 1 unspecified atom stereocenters. The van der Waals surface area contributed by atoms with Crippen LogP contribution in [-0.4, -0.2) is 125 Å². The summed E-state index contributed by atoms with van der Waals surface area (Å²) >= 11 is 1.35. The molecule has 2 aliphatic heterocycles. The summed E-state index contributed by atoms with van der Waals surface area (Å²) in [6.07, 6.45) is 3.71. The average molecular weight is 558 g/mol. The topological polar surface area (TPSA) is 170 Å². The third-order valence-electron chi connectivity index (χ3n) is 6.26. The van der Waals surface area contributed by atoms with Crippen LogP contribution in [0.15, 0.2) is 24.3 Å². The van der Waals surface area contributed by atoms with E-state index in [-0.39, 0.29) is 70.8 Å². The van der Waals surface area contributed by atoms with Gasteiger partial charge in [0.25, 0.3) is 0 Å². The number of hydrogen-bond donors (Lipinski definition) is 5. The third kappa shape index (κ3) is 8.86. The van der Waals surface area contributed by atoms with Crippen LogP contribution in [0.4, 0.5) is 0 Å². The first-order valence-electron chi connectivity index (χ1n) is 11.7. The Morgan fingerprint density at radius 3 is 2.16 bits per heavy atom. The molecule has 1 aromatic rings. The van der Waals surface area contributed by atoms with E-state index < -0.39 is 52.0 Å². The summed E-state index contributed by atoms with van der Waals surface area (Å²) in [5.74, 6) is -2.69. The Morgan fingerprint density at radius 1 is 1.14 bits per heavy atom. The summed E-state index contributed by atoms with van der Waals surface area (Å²) < 4.78 is -0.648. The number of carbonyl (C=O) groups is 4. The molecule has 37 heavy (non-hydrogen) atoms. The number of aliphatic carboxylic acids is 2.